The maximum atomic E-state index is 14.3. The lowest BCUT2D eigenvalue weighted by atomic mass is 9.96. The molecular weight excluding hydrogens is 255 g/mol. The van der Waals surface area contributed by atoms with E-state index in [1.165, 1.54) is 12.7 Å². The fourth-order valence-electron chi connectivity index (χ4n) is 2.89. The van der Waals surface area contributed by atoms with Crippen LogP contribution in [0.15, 0.2) is 6.33 Å². The third-order valence-electron chi connectivity index (χ3n) is 4.06. The number of piperidine rings is 1. The Balaban J connectivity index is 2.20. The Morgan fingerprint density at radius 1 is 1.45 bits per heavy atom. The summed E-state index contributed by atoms with van der Waals surface area (Å²) in [6, 6.07) is 0.643. The van der Waals surface area contributed by atoms with E-state index in [-0.39, 0.29) is 5.82 Å². The van der Waals surface area contributed by atoms with Crippen LogP contribution < -0.4 is 10.2 Å². The lowest BCUT2D eigenvalue weighted by molar-refractivity contribution is 0.362. The first kappa shape index (κ1) is 15.2. The molecule has 0 aliphatic carbocycles. The Labute approximate surface area is 120 Å². The summed E-state index contributed by atoms with van der Waals surface area (Å²) in [6.07, 6.45) is 5.95. The SMILES string of the molecule is CCCNC(C)C1CCCCN1c1ncnc(C)c1F. The quantitative estimate of drug-likeness (QED) is 0.900. The van der Waals surface area contributed by atoms with Crippen LogP contribution in [-0.4, -0.2) is 35.1 Å². The lowest BCUT2D eigenvalue weighted by Crippen LogP contribution is -2.52. The Morgan fingerprint density at radius 2 is 2.25 bits per heavy atom. The van der Waals surface area contributed by atoms with Crippen molar-refractivity contribution >= 4 is 5.82 Å². The molecule has 1 aliphatic rings. The smallest absolute Gasteiger partial charge is 0.186 e. The summed E-state index contributed by atoms with van der Waals surface area (Å²) < 4.78 is 14.3. The van der Waals surface area contributed by atoms with Crippen molar-refractivity contribution in [3.05, 3.63) is 17.8 Å². The van der Waals surface area contributed by atoms with Gasteiger partial charge in [-0.1, -0.05) is 6.92 Å². The van der Waals surface area contributed by atoms with Gasteiger partial charge >= 0.3 is 0 Å². The molecule has 0 radical (unpaired) electrons. The normalized spacial score (nSPS) is 21.0. The molecule has 4 nitrogen and oxygen atoms in total. The first-order valence-electron chi connectivity index (χ1n) is 7.62. The number of nitrogens with one attached hydrogen (secondary N) is 1. The van der Waals surface area contributed by atoms with E-state index in [4.69, 9.17) is 0 Å². The van der Waals surface area contributed by atoms with Gasteiger partial charge in [-0.25, -0.2) is 14.4 Å². The van der Waals surface area contributed by atoms with Gasteiger partial charge in [-0.15, -0.1) is 0 Å². The highest BCUT2D eigenvalue weighted by atomic mass is 19.1. The van der Waals surface area contributed by atoms with E-state index in [0.29, 0.717) is 23.6 Å². The van der Waals surface area contributed by atoms with Gasteiger partial charge in [0.1, 0.15) is 6.33 Å². The highest BCUT2D eigenvalue weighted by molar-refractivity contribution is 5.43. The molecular formula is C15H25FN4. The van der Waals surface area contributed by atoms with Gasteiger partial charge in [-0.2, -0.15) is 0 Å². The van der Waals surface area contributed by atoms with Crippen LogP contribution in [-0.2, 0) is 0 Å². The molecule has 5 heteroatoms. The number of anilines is 1. The summed E-state index contributed by atoms with van der Waals surface area (Å²) in [5, 5.41) is 3.53. The number of aryl methyl sites for hydroxylation is 1. The Bertz CT molecular complexity index is 438. The molecule has 2 rings (SSSR count). The number of nitrogens with zero attached hydrogens (tertiary/aromatic N) is 3. The number of rotatable bonds is 5. The summed E-state index contributed by atoms with van der Waals surface area (Å²) in [6.45, 7) is 7.90. The van der Waals surface area contributed by atoms with Crippen molar-refractivity contribution in [3.63, 3.8) is 0 Å². The molecule has 0 bridgehead atoms. The Kier molecular flexibility index (Phi) is 5.29. The first-order valence-corrected chi connectivity index (χ1v) is 7.62. The van der Waals surface area contributed by atoms with Gasteiger partial charge < -0.3 is 10.2 Å². The van der Waals surface area contributed by atoms with Crippen molar-refractivity contribution in [2.45, 2.75) is 58.5 Å². The van der Waals surface area contributed by atoms with E-state index in [1.807, 2.05) is 0 Å². The largest absolute Gasteiger partial charge is 0.350 e. The highest BCUT2D eigenvalue weighted by Gasteiger charge is 2.30. The number of hydrogen-bond acceptors (Lipinski definition) is 4. The van der Waals surface area contributed by atoms with Crippen LogP contribution in [0.5, 0.6) is 0 Å². The fourth-order valence-corrected chi connectivity index (χ4v) is 2.89. The van der Waals surface area contributed by atoms with Crippen molar-refractivity contribution in [2.24, 2.45) is 0 Å². The summed E-state index contributed by atoms with van der Waals surface area (Å²) in [7, 11) is 0. The van der Waals surface area contributed by atoms with E-state index < -0.39 is 0 Å². The molecule has 112 valence electrons. The zero-order valence-electron chi connectivity index (χ0n) is 12.7. The molecule has 0 amide bonds. The molecule has 2 heterocycles. The zero-order valence-corrected chi connectivity index (χ0v) is 12.7. The van der Waals surface area contributed by atoms with Crippen molar-refractivity contribution in [2.75, 3.05) is 18.0 Å². The summed E-state index contributed by atoms with van der Waals surface area (Å²) in [5.74, 6) is 0.189. The van der Waals surface area contributed by atoms with Crippen molar-refractivity contribution in [3.8, 4) is 0 Å². The van der Waals surface area contributed by atoms with Crippen LogP contribution in [0.25, 0.3) is 0 Å². The molecule has 0 spiro atoms. The number of halogens is 1. The standard InChI is InChI=1S/C15H25FN4/c1-4-8-17-11(2)13-7-5-6-9-20(13)15-14(16)12(3)18-10-19-15/h10-11,13,17H,4-9H2,1-3H3. The molecule has 0 aromatic carbocycles. The molecule has 2 atom stereocenters. The lowest BCUT2D eigenvalue weighted by Gasteiger charge is -2.40. The van der Waals surface area contributed by atoms with Gasteiger partial charge in [0, 0.05) is 18.6 Å². The van der Waals surface area contributed by atoms with Gasteiger partial charge in [-0.3, -0.25) is 0 Å². The molecule has 1 saturated heterocycles. The average molecular weight is 280 g/mol. The maximum absolute atomic E-state index is 14.3. The summed E-state index contributed by atoms with van der Waals surface area (Å²) >= 11 is 0. The van der Waals surface area contributed by atoms with E-state index >= 15 is 0 Å². The Hall–Kier alpha value is -1.23. The minimum atomic E-state index is -0.276. The molecule has 2 unspecified atom stereocenters. The summed E-state index contributed by atoms with van der Waals surface area (Å²) in [4.78, 5) is 10.2. The van der Waals surface area contributed by atoms with Crippen LogP contribution >= 0.6 is 0 Å². The van der Waals surface area contributed by atoms with Crippen LogP contribution in [0.4, 0.5) is 10.2 Å². The van der Waals surface area contributed by atoms with Crippen molar-refractivity contribution in [1.29, 1.82) is 0 Å². The van der Waals surface area contributed by atoms with Crippen molar-refractivity contribution < 1.29 is 4.39 Å². The predicted molar refractivity (Wildman–Crippen MR) is 79.5 cm³/mol. The first-order chi connectivity index (χ1) is 9.65. The number of aromatic nitrogens is 2. The third kappa shape index (κ3) is 3.26. The van der Waals surface area contributed by atoms with Gasteiger partial charge in [0.25, 0.3) is 0 Å². The van der Waals surface area contributed by atoms with Gasteiger partial charge in [-0.05, 0) is 46.1 Å². The van der Waals surface area contributed by atoms with Crippen LogP contribution in [0, 0.1) is 12.7 Å². The second-order valence-corrected chi connectivity index (χ2v) is 5.60. The van der Waals surface area contributed by atoms with Crippen LogP contribution in [0.1, 0.15) is 45.2 Å². The van der Waals surface area contributed by atoms with Gasteiger partial charge in [0.2, 0.25) is 0 Å². The van der Waals surface area contributed by atoms with Gasteiger partial charge in [0.05, 0.1) is 5.69 Å². The molecule has 0 saturated carbocycles. The van der Waals surface area contributed by atoms with E-state index in [0.717, 1.165) is 32.4 Å². The monoisotopic (exact) mass is 280 g/mol. The van der Waals surface area contributed by atoms with E-state index in [9.17, 15) is 4.39 Å². The minimum Gasteiger partial charge on any atom is -0.350 e. The minimum absolute atomic E-state index is 0.276. The Morgan fingerprint density at radius 3 is 3.00 bits per heavy atom. The molecule has 1 fully saturated rings. The average Bonchev–Trinajstić information content (AvgIpc) is 2.47. The fraction of sp³-hybridized carbons (Fsp3) is 0.733. The molecule has 20 heavy (non-hydrogen) atoms. The van der Waals surface area contributed by atoms with Crippen molar-refractivity contribution in [1.82, 2.24) is 15.3 Å². The summed E-state index contributed by atoms with van der Waals surface area (Å²) in [5.41, 5.74) is 0.425. The second kappa shape index (κ2) is 6.97. The number of hydrogen-bond donors (Lipinski definition) is 1. The van der Waals surface area contributed by atoms with Crippen LogP contribution in [0.3, 0.4) is 0 Å². The predicted octanol–water partition coefficient (Wildman–Crippen LogP) is 2.67. The maximum Gasteiger partial charge on any atom is 0.186 e. The molecule has 1 N–H and O–H groups in total. The molecule has 1 aromatic heterocycles. The van der Waals surface area contributed by atoms with E-state index in [1.54, 1.807) is 6.92 Å². The zero-order chi connectivity index (χ0) is 14.5. The van der Waals surface area contributed by atoms with E-state index in [2.05, 4.69) is 34.0 Å². The third-order valence-corrected chi connectivity index (χ3v) is 4.06. The van der Waals surface area contributed by atoms with Crippen LogP contribution in [0.2, 0.25) is 0 Å². The molecule has 1 aromatic rings. The topological polar surface area (TPSA) is 41.0 Å². The molecule has 1 aliphatic heterocycles. The highest BCUT2D eigenvalue weighted by Crippen LogP contribution is 2.27. The van der Waals surface area contributed by atoms with Gasteiger partial charge in [0.15, 0.2) is 11.6 Å². The second-order valence-electron chi connectivity index (χ2n) is 5.60.